The van der Waals surface area contributed by atoms with E-state index in [-0.39, 0.29) is 43.5 Å². The van der Waals surface area contributed by atoms with E-state index in [0.29, 0.717) is 44.3 Å². The number of hydrogen-bond donors (Lipinski definition) is 3. The first-order chi connectivity index (χ1) is 23.8. The lowest BCUT2D eigenvalue weighted by atomic mass is 9.58. The van der Waals surface area contributed by atoms with E-state index < -0.39 is 36.9 Å². The predicted octanol–water partition coefficient (Wildman–Crippen LogP) is 5.63. The summed E-state index contributed by atoms with van der Waals surface area (Å²) in [5.74, 6) is -2.03. The maximum absolute atomic E-state index is 14.0. The van der Waals surface area contributed by atoms with Crippen molar-refractivity contribution in [2.24, 2.45) is 17.8 Å². The van der Waals surface area contributed by atoms with Gasteiger partial charge < -0.3 is 24.6 Å². The van der Waals surface area contributed by atoms with Crippen LogP contribution < -0.4 is 4.74 Å². The van der Waals surface area contributed by atoms with Crippen molar-refractivity contribution >= 4 is 36.6 Å². The molecule has 4 atom stereocenters. The highest BCUT2D eigenvalue weighted by Gasteiger charge is 2.57. The van der Waals surface area contributed by atoms with E-state index in [2.05, 4.69) is 4.98 Å². The number of allylic oxidation sites excluding steroid dienone is 1. The lowest BCUT2D eigenvalue weighted by molar-refractivity contribution is -0.141. The number of imide groups is 1. The number of aliphatic carboxylic acids is 1. The number of phenols is 1. The van der Waals surface area contributed by atoms with Crippen LogP contribution in [0.25, 0.3) is 11.6 Å². The third-order valence-electron chi connectivity index (χ3n) is 9.71. The number of aromatic hydroxyl groups is 1. The molecule has 0 saturated carbocycles. The van der Waals surface area contributed by atoms with Crippen LogP contribution in [0, 0.1) is 17.8 Å². The van der Waals surface area contributed by atoms with Crippen molar-refractivity contribution in [3.8, 4) is 11.5 Å². The number of carbonyl (C=O) groups excluding carboxylic acids is 2. The van der Waals surface area contributed by atoms with Crippen molar-refractivity contribution in [2.75, 3.05) is 13.2 Å². The molecule has 2 aromatic carbocycles. The number of carboxylic acids is 1. The van der Waals surface area contributed by atoms with E-state index in [1.165, 1.54) is 4.90 Å². The molecule has 3 N–H and O–H groups in total. The Morgan fingerprint density at radius 3 is 2.55 bits per heavy atom. The van der Waals surface area contributed by atoms with Gasteiger partial charge in [-0.15, -0.1) is 0 Å². The van der Waals surface area contributed by atoms with Crippen LogP contribution in [0.1, 0.15) is 56.2 Å². The number of nitrogens with zero attached hydrogens (tertiary/aromatic N) is 2. The zero-order valence-electron chi connectivity index (χ0n) is 27.3. The molecule has 49 heavy (non-hydrogen) atoms. The fourth-order valence-corrected chi connectivity index (χ4v) is 7.52. The number of unbranched alkanes of at least 4 members (excludes halogenated alkanes) is 2. The summed E-state index contributed by atoms with van der Waals surface area (Å²) in [7, 11) is -1.12. The number of para-hydroxylation sites is 1. The number of ether oxygens (including phenoxy) is 1. The minimum Gasteiger partial charge on any atom is -0.508 e. The van der Waals surface area contributed by atoms with Crippen LogP contribution in [0.2, 0.25) is 6.32 Å². The molecule has 0 unspecified atom stereocenters. The molecule has 11 heteroatoms. The Hall–Kier alpha value is -4.74. The molecule has 6 rings (SSSR count). The van der Waals surface area contributed by atoms with E-state index in [1.807, 2.05) is 60.7 Å². The lowest BCUT2D eigenvalue weighted by Gasteiger charge is -2.43. The molecule has 1 aromatic heterocycles. The van der Waals surface area contributed by atoms with Gasteiger partial charge in [0.1, 0.15) is 18.1 Å². The molecule has 2 saturated heterocycles. The SMILES string of the molecule is O=C(O)CCCCCN1C(=O)[C@@H]2[C@@H](CC(COc3ccccc3)=C3[C@@H](CC/C(=C/c4cccc(O)c4)c4ccccn4)OB(O)C[C@@H]32)C1=O. The summed E-state index contributed by atoms with van der Waals surface area (Å²) < 4.78 is 12.5. The van der Waals surface area contributed by atoms with Gasteiger partial charge in [-0.3, -0.25) is 24.3 Å². The third kappa shape index (κ3) is 8.12. The number of carbonyl (C=O) groups is 3. The number of pyridine rings is 1. The van der Waals surface area contributed by atoms with Crippen molar-refractivity contribution in [1.29, 1.82) is 0 Å². The maximum atomic E-state index is 14.0. The molecule has 2 fully saturated rings. The van der Waals surface area contributed by atoms with Crippen molar-refractivity contribution in [1.82, 2.24) is 9.88 Å². The number of amides is 2. The van der Waals surface area contributed by atoms with Gasteiger partial charge in [0, 0.05) is 19.2 Å². The molecule has 3 heterocycles. The Labute approximate surface area is 286 Å². The van der Waals surface area contributed by atoms with Crippen molar-refractivity contribution in [3.63, 3.8) is 0 Å². The van der Waals surface area contributed by atoms with Gasteiger partial charge in [-0.25, -0.2) is 0 Å². The van der Waals surface area contributed by atoms with Gasteiger partial charge in [0.2, 0.25) is 11.8 Å². The van der Waals surface area contributed by atoms with Crippen LogP contribution in [-0.2, 0) is 19.0 Å². The summed E-state index contributed by atoms with van der Waals surface area (Å²) in [4.78, 5) is 44.6. The van der Waals surface area contributed by atoms with Gasteiger partial charge in [-0.05, 0) is 109 Å². The molecular weight excluding hydrogens is 623 g/mol. The summed E-state index contributed by atoms with van der Waals surface area (Å²) in [5.41, 5.74) is 4.35. The van der Waals surface area contributed by atoms with Crippen molar-refractivity contribution in [2.45, 2.75) is 57.4 Å². The Bertz CT molecular complexity index is 1710. The topological polar surface area (TPSA) is 146 Å². The minimum atomic E-state index is -1.12. The van der Waals surface area contributed by atoms with E-state index in [1.54, 1.807) is 24.4 Å². The summed E-state index contributed by atoms with van der Waals surface area (Å²) in [6, 6.07) is 22.1. The molecule has 2 aliphatic heterocycles. The highest BCUT2D eigenvalue weighted by molar-refractivity contribution is 6.43. The Kier molecular flexibility index (Phi) is 10.9. The number of fused-ring (bicyclic) bond motifs is 3. The van der Waals surface area contributed by atoms with Gasteiger partial charge in [-0.2, -0.15) is 0 Å². The number of carboxylic acid groups (broad SMARTS) is 1. The second-order valence-corrected chi connectivity index (χ2v) is 13.0. The third-order valence-corrected chi connectivity index (χ3v) is 9.71. The maximum Gasteiger partial charge on any atom is 0.455 e. The van der Waals surface area contributed by atoms with Gasteiger partial charge in [0.25, 0.3) is 0 Å². The first-order valence-electron chi connectivity index (χ1n) is 17.0. The number of benzene rings is 2. The molecular formula is C38H41BN2O8. The average molecular weight is 665 g/mol. The molecule has 0 spiro atoms. The summed E-state index contributed by atoms with van der Waals surface area (Å²) in [6.45, 7) is 0.468. The zero-order valence-corrected chi connectivity index (χ0v) is 27.3. The van der Waals surface area contributed by atoms with Gasteiger partial charge in [0.05, 0.1) is 23.6 Å². The summed E-state index contributed by atoms with van der Waals surface area (Å²) >= 11 is 0. The second kappa shape index (κ2) is 15.7. The number of phenolic OH excluding ortho intramolecular Hbond substituents is 1. The first-order valence-corrected chi connectivity index (χ1v) is 17.0. The monoisotopic (exact) mass is 664 g/mol. The number of hydrogen-bond acceptors (Lipinski definition) is 8. The fraction of sp³-hybridized carbons (Fsp3) is 0.368. The molecule has 0 radical (unpaired) electrons. The highest BCUT2D eigenvalue weighted by atomic mass is 16.5. The average Bonchev–Trinajstić information content (AvgIpc) is 3.34. The predicted molar refractivity (Wildman–Crippen MR) is 184 cm³/mol. The standard InChI is InChI=1S/C38H41BN2O8/c42-28-11-9-10-25(21-28)20-26(32-14-6-7-18-40-32)16-17-33-35-27(24-48-29-12-3-1-4-13-29)22-30-36(31(35)23-39(47)49-33)38(46)41(37(30)45)19-8-2-5-15-34(43)44/h1,3-4,6-7,9-14,18,20-21,30-31,33,36,42,47H,2,5,8,15-17,19,22-24H2,(H,43,44)/b26-20-/t30-,31+,33-,36-/m1/s1. The normalized spacial score (nSPS) is 22.3. The van der Waals surface area contributed by atoms with E-state index >= 15 is 0 Å². The Morgan fingerprint density at radius 2 is 1.80 bits per heavy atom. The van der Waals surface area contributed by atoms with Crippen LogP contribution in [-0.4, -0.2) is 69.3 Å². The van der Waals surface area contributed by atoms with Crippen LogP contribution >= 0.6 is 0 Å². The van der Waals surface area contributed by atoms with Gasteiger partial charge in [0.15, 0.2) is 0 Å². The number of aromatic nitrogens is 1. The van der Waals surface area contributed by atoms with Crippen LogP contribution in [0.15, 0.2) is 90.1 Å². The molecule has 10 nitrogen and oxygen atoms in total. The molecule has 3 aromatic rings. The molecule has 254 valence electrons. The van der Waals surface area contributed by atoms with Crippen LogP contribution in [0.4, 0.5) is 0 Å². The number of rotatable bonds is 14. The van der Waals surface area contributed by atoms with E-state index in [9.17, 15) is 24.5 Å². The second-order valence-electron chi connectivity index (χ2n) is 13.0. The fourth-order valence-electron chi connectivity index (χ4n) is 7.52. The number of likely N-dealkylation sites (tertiary alicyclic amines) is 1. The first kappa shape index (κ1) is 34.1. The zero-order chi connectivity index (χ0) is 34.3. The van der Waals surface area contributed by atoms with Crippen molar-refractivity contribution in [3.05, 3.63) is 101 Å². The molecule has 1 aliphatic carbocycles. The summed E-state index contributed by atoms with van der Waals surface area (Å²) in [6.07, 6.45) is 6.40. The molecule has 0 bridgehead atoms. The van der Waals surface area contributed by atoms with Crippen LogP contribution in [0.5, 0.6) is 11.5 Å². The molecule has 3 aliphatic rings. The molecule has 2 amide bonds. The van der Waals surface area contributed by atoms with Gasteiger partial charge >= 0.3 is 13.1 Å². The quantitative estimate of drug-likeness (QED) is 0.0864. The highest BCUT2D eigenvalue weighted by Crippen LogP contribution is 2.51. The lowest BCUT2D eigenvalue weighted by Crippen LogP contribution is -2.46. The van der Waals surface area contributed by atoms with Crippen LogP contribution in [0.3, 0.4) is 0 Å². The largest absolute Gasteiger partial charge is 0.508 e. The van der Waals surface area contributed by atoms with E-state index in [0.717, 1.165) is 28.0 Å². The Morgan fingerprint density at radius 1 is 0.980 bits per heavy atom. The smallest absolute Gasteiger partial charge is 0.455 e. The Balaban J connectivity index is 1.29. The minimum absolute atomic E-state index is 0.0532. The van der Waals surface area contributed by atoms with E-state index in [4.69, 9.17) is 14.5 Å². The van der Waals surface area contributed by atoms with Crippen molar-refractivity contribution < 1.29 is 39.0 Å². The van der Waals surface area contributed by atoms with Gasteiger partial charge in [-0.1, -0.05) is 42.8 Å². The summed E-state index contributed by atoms with van der Waals surface area (Å²) in [5, 5.41) is 30.1.